The van der Waals surface area contributed by atoms with Gasteiger partial charge in [-0.3, -0.25) is 9.59 Å². The monoisotopic (exact) mass is 185 g/mol. The average Bonchev–Trinajstić information content (AvgIpc) is 1.78. The highest BCUT2D eigenvalue weighted by atomic mass is 16.4. The first kappa shape index (κ1) is 10.0. The van der Waals surface area contributed by atoms with Crippen molar-refractivity contribution in [2.75, 3.05) is 0 Å². The zero-order chi connectivity index (χ0) is 9.84. The van der Waals surface area contributed by atoms with E-state index in [0.717, 1.165) is 19.3 Å². The van der Waals surface area contributed by atoms with Gasteiger partial charge in [-0.05, 0) is 18.8 Å². The van der Waals surface area contributed by atoms with Crippen LogP contribution in [0.1, 0.15) is 32.6 Å². The molecule has 1 aliphatic rings. The van der Waals surface area contributed by atoms with Crippen molar-refractivity contribution in [3.05, 3.63) is 0 Å². The molecular formula is C9H15NO3. The van der Waals surface area contributed by atoms with E-state index in [4.69, 9.17) is 5.11 Å². The van der Waals surface area contributed by atoms with Gasteiger partial charge in [-0.1, -0.05) is 6.42 Å². The van der Waals surface area contributed by atoms with Crippen molar-refractivity contribution in [1.82, 2.24) is 5.32 Å². The fourth-order valence-electron chi connectivity index (χ4n) is 1.63. The minimum atomic E-state index is -0.842. The maximum Gasteiger partial charge on any atom is 0.305 e. The molecule has 2 N–H and O–H groups in total. The van der Waals surface area contributed by atoms with Gasteiger partial charge in [0.05, 0.1) is 6.42 Å². The van der Waals surface area contributed by atoms with Crippen LogP contribution in [0.2, 0.25) is 0 Å². The average molecular weight is 185 g/mol. The molecule has 4 heteroatoms. The van der Waals surface area contributed by atoms with Crippen LogP contribution >= 0.6 is 0 Å². The fourth-order valence-corrected chi connectivity index (χ4v) is 1.63. The highest BCUT2D eigenvalue weighted by Gasteiger charge is 2.29. The van der Waals surface area contributed by atoms with Gasteiger partial charge in [-0.2, -0.15) is 0 Å². The van der Waals surface area contributed by atoms with Crippen LogP contribution in [0.4, 0.5) is 0 Å². The van der Waals surface area contributed by atoms with Crippen LogP contribution in [0.15, 0.2) is 0 Å². The van der Waals surface area contributed by atoms with Crippen LogP contribution < -0.4 is 5.32 Å². The molecular weight excluding hydrogens is 170 g/mol. The molecule has 4 nitrogen and oxygen atoms in total. The summed E-state index contributed by atoms with van der Waals surface area (Å²) in [5.41, 5.74) is 0. The molecule has 1 amide bonds. The third-order valence-corrected chi connectivity index (χ3v) is 2.50. The molecule has 0 heterocycles. The highest BCUT2D eigenvalue weighted by molar-refractivity contribution is 5.75. The Morgan fingerprint density at radius 1 is 1.54 bits per heavy atom. The van der Waals surface area contributed by atoms with Crippen LogP contribution in [-0.2, 0) is 9.59 Å². The van der Waals surface area contributed by atoms with E-state index in [9.17, 15) is 9.59 Å². The SMILES string of the molecule is CC(=O)N[C@@H](CC(=O)O)C1CCC1. The van der Waals surface area contributed by atoms with Crippen molar-refractivity contribution < 1.29 is 14.7 Å². The molecule has 0 unspecified atom stereocenters. The van der Waals surface area contributed by atoms with Crippen LogP contribution in [0.25, 0.3) is 0 Å². The highest BCUT2D eigenvalue weighted by Crippen LogP contribution is 2.30. The van der Waals surface area contributed by atoms with Gasteiger partial charge in [0, 0.05) is 13.0 Å². The topological polar surface area (TPSA) is 66.4 Å². The largest absolute Gasteiger partial charge is 0.481 e. The molecule has 0 saturated heterocycles. The van der Waals surface area contributed by atoms with E-state index < -0.39 is 5.97 Å². The van der Waals surface area contributed by atoms with Gasteiger partial charge >= 0.3 is 5.97 Å². The molecule has 0 aliphatic heterocycles. The lowest BCUT2D eigenvalue weighted by molar-refractivity contribution is -0.138. The number of carbonyl (C=O) groups excluding carboxylic acids is 1. The number of amides is 1. The van der Waals surface area contributed by atoms with Gasteiger partial charge in [-0.15, -0.1) is 0 Å². The second kappa shape index (κ2) is 4.25. The lowest BCUT2D eigenvalue weighted by atomic mass is 9.78. The van der Waals surface area contributed by atoms with Gasteiger partial charge < -0.3 is 10.4 Å². The zero-order valence-electron chi connectivity index (χ0n) is 7.75. The molecule has 0 aromatic heterocycles. The Hall–Kier alpha value is -1.06. The minimum Gasteiger partial charge on any atom is -0.481 e. The lowest BCUT2D eigenvalue weighted by Gasteiger charge is -2.33. The van der Waals surface area contributed by atoms with Gasteiger partial charge in [0.15, 0.2) is 0 Å². The summed E-state index contributed by atoms with van der Waals surface area (Å²) in [6, 6.07) is -0.163. The lowest BCUT2D eigenvalue weighted by Crippen LogP contribution is -2.43. The number of carboxylic acid groups (broad SMARTS) is 1. The predicted octanol–water partition coefficient (Wildman–Crippen LogP) is 0.766. The minimum absolute atomic E-state index is 0.0459. The molecule has 74 valence electrons. The van der Waals surface area contributed by atoms with Crippen molar-refractivity contribution >= 4 is 11.9 Å². The second-order valence-electron chi connectivity index (χ2n) is 3.60. The number of carboxylic acids is 1. The summed E-state index contributed by atoms with van der Waals surface area (Å²) in [5, 5.41) is 11.3. The van der Waals surface area contributed by atoms with Gasteiger partial charge in [0.25, 0.3) is 0 Å². The van der Waals surface area contributed by atoms with Gasteiger partial charge in [-0.25, -0.2) is 0 Å². The molecule has 1 aliphatic carbocycles. The quantitative estimate of drug-likeness (QED) is 0.679. The molecule has 1 atom stereocenters. The van der Waals surface area contributed by atoms with Crippen LogP contribution in [0, 0.1) is 5.92 Å². The Labute approximate surface area is 77.3 Å². The first-order chi connectivity index (χ1) is 6.09. The Morgan fingerprint density at radius 3 is 2.46 bits per heavy atom. The normalized spacial score (nSPS) is 18.8. The Bertz CT molecular complexity index is 195. The summed E-state index contributed by atoms with van der Waals surface area (Å²) in [6.45, 7) is 1.42. The zero-order valence-corrected chi connectivity index (χ0v) is 7.75. The third kappa shape index (κ3) is 3.05. The number of hydrogen-bond acceptors (Lipinski definition) is 2. The van der Waals surface area contributed by atoms with E-state index in [1.807, 2.05) is 0 Å². The Balaban J connectivity index is 2.42. The summed E-state index contributed by atoms with van der Waals surface area (Å²) < 4.78 is 0. The van der Waals surface area contributed by atoms with E-state index in [1.165, 1.54) is 6.92 Å². The number of aliphatic carboxylic acids is 1. The van der Waals surface area contributed by atoms with Crippen LogP contribution in [0.5, 0.6) is 0 Å². The van der Waals surface area contributed by atoms with Crippen LogP contribution in [-0.4, -0.2) is 23.0 Å². The van der Waals surface area contributed by atoms with Crippen molar-refractivity contribution in [3.8, 4) is 0 Å². The summed E-state index contributed by atoms with van der Waals surface area (Å²) in [6.07, 6.45) is 3.28. The molecule has 1 fully saturated rings. The number of carbonyl (C=O) groups is 2. The second-order valence-corrected chi connectivity index (χ2v) is 3.60. The predicted molar refractivity (Wildman–Crippen MR) is 47.2 cm³/mol. The molecule has 0 aromatic rings. The summed E-state index contributed by atoms with van der Waals surface area (Å²) in [4.78, 5) is 21.3. The van der Waals surface area contributed by atoms with Crippen molar-refractivity contribution in [2.45, 2.75) is 38.6 Å². The first-order valence-electron chi connectivity index (χ1n) is 4.58. The van der Waals surface area contributed by atoms with Gasteiger partial charge in [0.2, 0.25) is 5.91 Å². The van der Waals surface area contributed by atoms with E-state index in [-0.39, 0.29) is 18.4 Å². The Morgan fingerprint density at radius 2 is 2.15 bits per heavy atom. The summed E-state index contributed by atoms with van der Waals surface area (Å²) >= 11 is 0. The molecule has 1 rings (SSSR count). The summed E-state index contributed by atoms with van der Waals surface area (Å²) in [7, 11) is 0. The third-order valence-electron chi connectivity index (χ3n) is 2.50. The van der Waals surface area contributed by atoms with E-state index >= 15 is 0 Å². The van der Waals surface area contributed by atoms with E-state index in [2.05, 4.69) is 5.32 Å². The molecule has 13 heavy (non-hydrogen) atoms. The van der Waals surface area contributed by atoms with E-state index in [0.29, 0.717) is 5.92 Å². The fraction of sp³-hybridized carbons (Fsp3) is 0.778. The van der Waals surface area contributed by atoms with Crippen molar-refractivity contribution in [1.29, 1.82) is 0 Å². The first-order valence-corrected chi connectivity index (χ1v) is 4.58. The molecule has 0 bridgehead atoms. The van der Waals surface area contributed by atoms with Gasteiger partial charge in [0.1, 0.15) is 0 Å². The molecule has 0 spiro atoms. The molecule has 1 saturated carbocycles. The smallest absolute Gasteiger partial charge is 0.305 e. The summed E-state index contributed by atoms with van der Waals surface area (Å²) in [5.74, 6) is -0.608. The standard InChI is InChI=1S/C9H15NO3/c1-6(11)10-8(5-9(12)13)7-3-2-4-7/h7-8H,2-5H2,1H3,(H,10,11)(H,12,13)/t8-/m0/s1. The van der Waals surface area contributed by atoms with Crippen molar-refractivity contribution in [2.24, 2.45) is 5.92 Å². The number of hydrogen-bond donors (Lipinski definition) is 2. The maximum atomic E-state index is 10.8. The number of nitrogens with one attached hydrogen (secondary N) is 1. The number of rotatable bonds is 4. The molecule has 0 radical (unpaired) electrons. The van der Waals surface area contributed by atoms with Crippen molar-refractivity contribution in [3.63, 3.8) is 0 Å². The molecule has 0 aromatic carbocycles. The Kier molecular flexibility index (Phi) is 3.28. The maximum absolute atomic E-state index is 10.8. The van der Waals surface area contributed by atoms with E-state index in [1.54, 1.807) is 0 Å². The van der Waals surface area contributed by atoms with Crippen LogP contribution in [0.3, 0.4) is 0 Å².